The van der Waals surface area contributed by atoms with Crippen molar-refractivity contribution in [3.8, 4) is 5.75 Å². The van der Waals surface area contributed by atoms with Gasteiger partial charge < -0.3 is 4.74 Å². The van der Waals surface area contributed by atoms with Gasteiger partial charge in [0.05, 0.1) is 10.6 Å². The van der Waals surface area contributed by atoms with E-state index >= 15 is 0 Å². The highest BCUT2D eigenvalue weighted by molar-refractivity contribution is 7.92. The van der Waals surface area contributed by atoms with Crippen molar-refractivity contribution in [2.24, 2.45) is 0 Å². The standard InChI is InChI=1S/C19H23F3N2O5S2/c1-5-24(6-2)31(27,28)15-11-13(3)14(4)16(12-15)23-30(25,26)18-10-8-7-9-17(18)29-19(20,21)22/h7-12,23H,5-6H2,1-4H3. The van der Waals surface area contributed by atoms with Crippen molar-refractivity contribution in [1.29, 1.82) is 0 Å². The van der Waals surface area contributed by atoms with E-state index in [-0.39, 0.29) is 23.7 Å². The molecule has 0 bridgehead atoms. The Morgan fingerprint density at radius 3 is 2.13 bits per heavy atom. The molecule has 31 heavy (non-hydrogen) atoms. The number of nitrogens with zero attached hydrogens (tertiary/aromatic N) is 1. The second-order valence-electron chi connectivity index (χ2n) is 6.60. The van der Waals surface area contributed by atoms with E-state index in [1.54, 1.807) is 27.7 Å². The lowest BCUT2D eigenvalue weighted by molar-refractivity contribution is -0.275. The first kappa shape index (κ1) is 25.0. The van der Waals surface area contributed by atoms with Crippen molar-refractivity contribution < 1.29 is 34.7 Å². The summed E-state index contributed by atoms with van der Waals surface area (Å²) >= 11 is 0. The number of anilines is 1. The van der Waals surface area contributed by atoms with Crippen molar-refractivity contribution in [3.05, 3.63) is 47.5 Å². The van der Waals surface area contributed by atoms with Crippen LogP contribution in [0, 0.1) is 13.8 Å². The monoisotopic (exact) mass is 480 g/mol. The van der Waals surface area contributed by atoms with Gasteiger partial charge >= 0.3 is 6.36 Å². The van der Waals surface area contributed by atoms with Crippen LogP contribution in [-0.2, 0) is 20.0 Å². The van der Waals surface area contributed by atoms with Crippen molar-refractivity contribution in [3.63, 3.8) is 0 Å². The van der Waals surface area contributed by atoms with Crippen LogP contribution in [0.2, 0.25) is 0 Å². The number of para-hydroxylation sites is 1. The zero-order valence-corrected chi connectivity index (χ0v) is 19.0. The average molecular weight is 481 g/mol. The molecule has 1 N–H and O–H groups in total. The molecule has 0 atom stereocenters. The van der Waals surface area contributed by atoms with Crippen LogP contribution in [0.1, 0.15) is 25.0 Å². The Morgan fingerprint density at radius 1 is 1.00 bits per heavy atom. The minimum absolute atomic E-state index is 0.0625. The number of hydrogen-bond acceptors (Lipinski definition) is 5. The summed E-state index contributed by atoms with van der Waals surface area (Å²) in [6, 6.07) is 6.86. The summed E-state index contributed by atoms with van der Waals surface area (Å²) in [7, 11) is -8.42. The minimum Gasteiger partial charge on any atom is -0.404 e. The average Bonchev–Trinajstić information content (AvgIpc) is 2.64. The van der Waals surface area contributed by atoms with E-state index in [4.69, 9.17) is 0 Å². The molecule has 0 aliphatic rings. The number of rotatable bonds is 8. The smallest absolute Gasteiger partial charge is 0.404 e. The number of halogens is 3. The summed E-state index contributed by atoms with van der Waals surface area (Å²) in [5, 5.41) is 0. The minimum atomic E-state index is -5.09. The number of benzene rings is 2. The zero-order chi connectivity index (χ0) is 23.6. The molecular weight excluding hydrogens is 457 g/mol. The van der Waals surface area contributed by atoms with Crippen LogP contribution in [-0.4, -0.2) is 40.6 Å². The Bertz CT molecular complexity index is 1160. The summed E-state index contributed by atoms with van der Waals surface area (Å²) < 4.78 is 96.7. The van der Waals surface area contributed by atoms with Crippen LogP contribution in [0.3, 0.4) is 0 Å². The van der Waals surface area contributed by atoms with Gasteiger partial charge in [0.1, 0.15) is 10.6 Å². The van der Waals surface area contributed by atoms with Gasteiger partial charge in [-0.25, -0.2) is 16.8 Å². The molecule has 0 radical (unpaired) electrons. The predicted octanol–water partition coefficient (Wildman–Crippen LogP) is 4.03. The number of aryl methyl sites for hydroxylation is 1. The molecule has 0 heterocycles. The van der Waals surface area contributed by atoms with E-state index in [1.807, 2.05) is 0 Å². The van der Waals surface area contributed by atoms with Crippen molar-refractivity contribution in [1.82, 2.24) is 4.31 Å². The topological polar surface area (TPSA) is 92.8 Å². The van der Waals surface area contributed by atoms with Crippen LogP contribution in [0.5, 0.6) is 5.75 Å². The van der Waals surface area contributed by atoms with Gasteiger partial charge in [0.25, 0.3) is 10.0 Å². The molecule has 0 aliphatic carbocycles. The van der Waals surface area contributed by atoms with Gasteiger partial charge in [0, 0.05) is 13.1 Å². The zero-order valence-electron chi connectivity index (χ0n) is 17.3. The van der Waals surface area contributed by atoms with Crippen molar-refractivity contribution in [2.45, 2.75) is 43.8 Å². The van der Waals surface area contributed by atoms with Gasteiger partial charge in [0.2, 0.25) is 10.0 Å². The molecule has 2 rings (SSSR count). The Labute approximate surface area is 179 Å². The highest BCUT2D eigenvalue weighted by Crippen LogP contribution is 2.32. The van der Waals surface area contributed by atoms with E-state index in [0.29, 0.717) is 11.1 Å². The Morgan fingerprint density at radius 2 is 1.58 bits per heavy atom. The molecule has 7 nitrogen and oxygen atoms in total. The van der Waals surface area contributed by atoms with E-state index in [2.05, 4.69) is 9.46 Å². The SMILES string of the molecule is CCN(CC)S(=O)(=O)c1cc(C)c(C)c(NS(=O)(=O)c2ccccc2OC(F)(F)F)c1. The third kappa shape index (κ3) is 5.69. The third-order valence-corrected chi connectivity index (χ3v) is 8.03. The summed E-state index contributed by atoms with van der Waals surface area (Å²) in [5.41, 5.74) is 0.856. The van der Waals surface area contributed by atoms with Gasteiger partial charge in [-0.15, -0.1) is 13.2 Å². The molecule has 0 saturated heterocycles. The molecule has 12 heteroatoms. The quantitative estimate of drug-likeness (QED) is 0.616. The van der Waals surface area contributed by atoms with Crippen molar-refractivity contribution in [2.75, 3.05) is 17.8 Å². The second-order valence-corrected chi connectivity index (χ2v) is 10.2. The molecule has 0 amide bonds. The van der Waals surface area contributed by atoms with Crippen LogP contribution in [0.25, 0.3) is 0 Å². The number of sulfonamides is 2. The first-order chi connectivity index (χ1) is 14.2. The molecule has 0 aromatic heterocycles. The highest BCUT2D eigenvalue weighted by Gasteiger charge is 2.34. The lowest BCUT2D eigenvalue weighted by Gasteiger charge is -2.21. The maximum Gasteiger partial charge on any atom is 0.573 e. The Hall–Kier alpha value is -2.31. The molecule has 0 fully saturated rings. The summed E-state index contributed by atoms with van der Waals surface area (Å²) in [4.78, 5) is -0.863. The number of alkyl halides is 3. The largest absolute Gasteiger partial charge is 0.573 e. The lowest BCUT2D eigenvalue weighted by Crippen LogP contribution is -2.30. The third-order valence-electron chi connectivity index (χ3n) is 4.59. The van der Waals surface area contributed by atoms with Gasteiger partial charge in [-0.05, 0) is 49.2 Å². The van der Waals surface area contributed by atoms with Gasteiger partial charge in [-0.2, -0.15) is 4.31 Å². The molecule has 0 aliphatic heterocycles. The fraction of sp³-hybridized carbons (Fsp3) is 0.368. The van der Waals surface area contributed by atoms with Gasteiger partial charge in [0.15, 0.2) is 0 Å². The van der Waals surface area contributed by atoms with E-state index in [1.165, 1.54) is 22.5 Å². The first-order valence-corrected chi connectivity index (χ1v) is 12.1. The highest BCUT2D eigenvalue weighted by atomic mass is 32.2. The predicted molar refractivity (Wildman–Crippen MR) is 110 cm³/mol. The molecule has 0 spiro atoms. The van der Waals surface area contributed by atoms with Crippen LogP contribution >= 0.6 is 0 Å². The number of ether oxygens (including phenoxy) is 1. The summed E-state index contributed by atoms with van der Waals surface area (Å²) in [6.45, 7) is 6.95. The molecule has 0 unspecified atom stereocenters. The Balaban J connectivity index is 2.56. The molecule has 2 aromatic rings. The normalized spacial score (nSPS) is 12.8. The molecular formula is C19H23F3N2O5S2. The number of nitrogens with one attached hydrogen (secondary N) is 1. The molecule has 172 valence electrons. The maximum absolute atomic E-state index is 12.9. The number of hydrogen-bond donors (Lipinski definition) is 1. The fourth-order valence-electron chi connectivity index (χ4n) is 2.87. The molecule has 0 saturated carbocycles. The van der Waals surface area contributed by atoms with Crippen molar-refractivity contribution >= 4 is 25.7 Å². The molecule has 2 aromatic carbocycles. The van der Waals surface area contributed by atoms with Gasteiger partial charge in [-0.3, -0.25) is 4.72 Å². The first-order valence-electron chi connectivity index (χ1n) is 9.22. The van der Waals surface area contributed by atoms with E-state index < -0.39 is 37.1 Å². The summed E-state index contributed by atoms with van der Waals surface area (Å²) in [6.07, 6.45) is -5.09. The van der Waals surface area contributed by atoms with Crippen LogP contribution in [0.4, 0.5) is 18.9 Å². The van der Waals surface area contributed by atoms with Crippen LogP contribution < -0.4 is 9.46 Å². The van der Waals surface area contributed by atoms with E-state index in [0.717, 1.165) is 18.2 Å². The Kier molecular flexibility index (Phi) is 7.28. The van der Waals surface area contributed by atoms with E-state index in [9.17, 15) is 30.0 Å². The fourth-order valence-corrected chi connectivity index (χ4v) is 5.69. The second kappa shape index (κ2) is 9.05. The summed E-state index contributed by atoms with van der Waals surface area (Å²) in [5.74, 6) is -0.899. The van der Waals surface area contributed by atoms with Gasteiger partial charge in [-0.1, -0.05) is 26.0 Å². The lowest BCUT2D eigenvalue weighted by atomic mass is 10.1. The van der Waals surface area contributed by atoms with Crippen LogP contribution in [0.15, 0.2) is 46.2 Å². The maximum atomic E-state index is 12.9.